The molecule has 332 valence electrons. The largest absolute Gasteiger partial charge is 0.472 e. The monoisotopic (exact) mass is 823 g/mol. The summed E-state index contributed by atoms with van der Waals surface area (Å²) in [4.78, 5) is 22.9. The molecule has 1 N–H and O–H groups in total. The third-order valence-corrected chi connectivity index (χ3v) is 10.5. The van der Waals surface area contributed by atoms with Crippen molar-refractivity contribution in [1.82, 2.24) is 0 Å². The third kappa shape index (κ3) is 45.1. The molecule has 0 radical (unpaired) electrons. The van der Waals surface area contributed by atoms with Crippen LogP contribution in [0.3, 0.4) is 0 Å². The van der Waals surface area contributed by atoms with Gasteiger partial charge in [-0.2, -0.15) is 0 Å². The molecule has 8 nitrogen and oxygen atoms in total. The molecular formula is C48H89NO7P+. The molecular weight excluding hydrogens is 734 g/mol. The Bertz CT molecular complexity index is 1090. The van der Waals surface area contributed by atoms with Crippen LogP contribution < -0.4 is 0 Å². The summed E-state index contributed by atoms with van der Waals surface area (Å²) in [5.74, 6) is -0.331. The number of likely N-dealkylation sites (N-methyl/N-ethyl adjacent to an activating group) is 1. The molecule has 0 aromatic heterocycles. The molecule has 0 bridgehead atoms. The molecule has 9 heteroatoms. The van der Waals surface area contributed by atoms with Gasteiger partial charge in [0, 0.05) is 13.0 Å². The topological polar surface area (TPSA) is 91.3 Å². The predicted octanol–water partition coefficient (Wildman–Crippen LogP) is 13.7. The van der Waals surface area contributed by atoms with Crippen molar-refractivity contribution in [3.8, 4) is 0 Å². The van der Waals surface area contributed by atoms with Gasteiger partial charge >= 0.3 is 13.8 Å². The van der Waals surface area contributed by atoms with Gasteiger partial charge in [0.05, 0.1) is 34.4 Å². The van der Waals surface area contributed by atoms with E-state index in [0.29, 0.717) is 24.1 Å². The smallest absolute Gasteiger partial charge is 0.457 e. The van der Waals surface area contributed by atoms with Gasteiger partial charge in [0.1, 0.15) is 19.3 Å². The summed E-state index contributed by atoms with van der Waals surface area (Å²) in [5, 5.41) is 0. The Morgan fingerprint density at radius 3 is 1.54 bits per heavy atom. The van der Waals surface area contributed by atoms with Crippen LogP contribution in [0.4, 0.5) is 0 Å². The number of phosphoric ester groups is 1. The summed E-state index contributed by atoms with van der Waals surface area (Å²) in [6.45, 7) is 5.47. The van der Waals surface area contributed by atoms with Crippen LogP contribution in [0.25, 0.3) is 0 Å². The van der Waals surface area contributed by atoms with Crippen LogP contribution in [0, 0.1) is 0 Å². The van der Waals surface area contributed by atoms with Crippen LogP contribution in [-0.2, 0) is 27.9 Å². The second kappa shape index (κ2) is 41.0. The van der Waals surface area contributed by atoms with Gasteiger partial charge in [0.25, 0.3) is 0 Å². The molecule has 0 saturated carbocycles. The van der Waals surface area contributed by atoms with Crippen LogP contribution in [0.1, 0.15) is 181 Å². The van der Waals surface area contributed by atoms with Crippen LogP contribution in [0.5, 0.6) is 0 Å². The van der Waals surface area contributed by atoms with Gasteiger partial charge in [-0.05, 0) is 77.0 Å². The molecule has 0 aromatic carbocycles. The highest BCUT2D eigenvalue weighted by Crippen LogP contribution is 2.43. The lowest BCUT2D eigenvalue weighted by Gasteiger charge is -2.24. The van der Waals surface area contributed by atoms with Gasteiger partial charge in [-0.1, -0.05) is 158 Å². The highest BCUT2D eigenvalue weighted by atomic mass is 31.2. The number of nitrogens with zero attached hydrogens (tertiary/aromatic N) is 1. The lowest BCUT2D eigenvalue weighted by Crippen LogP contribution is -2.37. The number of rotatable bonds is 42. The van der Waals surface area contributed by atoms with E-state index in [1.807, 2.05) is 21.1 Å². The first-order valence-electron chi connectivity index (χ1n) is 23.0. The van der Waals surface area contributed by atoms with E-state index in [-0.39, 0.29) is 25.8 Å². The normalized spacial score (nSPS) is 14.3. The minimum atomic E-state index is -4.28. The second-order valence-electron chi connectivity index (χ2n) is 16.4. The standard InChI is InChI=1S/C48H88NO7P/c1-6-8-10-12-14-16-18-20-22-24-25-26-27-29-31-33-35-37-39-41-48(50)56-47(46-55-57(51,52)54-44-42-49(3,4)5)45-53-43-40-38-36-34-32-30-28-23-21-19-17-15-13-11-9-7-2/h8,10,14,16,20-23,25-26,47H,6-7,9,11-13,15,17-19,24,27-46H2,1-5H3/p+1/b10-8-,16-14-,22-20-,23-21-,26-25-. The van der Waals surface area contributed by atoms with E-state index in [2.05, 4.69) is 74.6 Å². The van der Waals surface area contributed by atoms with E-state index in [4.69, 9.17) is 18.5 Å². The van der Waals surface area contributed by atoms with Crippen molar-refractivity contribution in [2.45, 2.75) is 187 Å². The molecule has 0 aromatic rings. The van der Waals surface area contributed by atoms with Crippen molar-refractivity contribution in [3.63, 3.8) is 0 Å². The van der Waals surface area contributed by atoms with Crippen LogP contribution in [0.2, 0.25) is 0 Å². The second-order valence-corrected chi connectivity index (χ2v) is 17.9. The summed E-state index contributed by atoms with van der Waals surface area (Å²) in [6.07, 6.45) is 51.1. The number of quaternary nitrogens is 1. The zero-order chi connectivity index (χ0) is 42.0. The Morgan fingerprint density at radius 1 is 0.561 bits per heavy atom. The Kier molecular flexibility index (Phi) is 39.7. The fourth-order valence-corrected chi connectivity index (χ4v) is 6.75. The molecule has 0 amide bonds. The molecule has 0 aliphatic carbocycles. The first-order valence-corrected chi connectivity index (χ1v) is 24.5. The average Bonchev–Trinajstić information content (AvgIpc) is 3.16. The maximum atomic E-state index is 12.7. The van der Waals surface area contributed by atoms with Crippen molar-refractivity contribution in [3.05, 3.63) is 60.8 Å². The summed E-state index contributed by atoms with van der Waals surface area (Å²) in [5.41, 5.74) is 0. The van der Waals surface area contributed by atoms with Crippen molar-refractivity contribution in [1.29, 1.82) is 0 Å². The number of hydrogen-bond acceptors (Lipinski definition) is 6. The fraction of sp³-hybridized carbons (Fsp3) is 0.771. The van der Waals surface area contributed by atoms with E-state index in [9.17, 15) is 14.3 Å². The quantitative estimate of drug-likeness (QED) is 0.0215. The summed E-state index contributed by atoms with van der Waals surface area (Å²) >= 11 is 0. The van der Waals surface area contributed by atoms with Crippen molar-refractivity contribution in [2.75, 3.05) is 54.1 Å². The van der Waals surface area contributed by atoms with E-state index in [1.165, 1.54) is 89.9 Å². The van der Waals surface area contributed by atoms with E-state index < -0.39 is 13.9 Å². The number of hydrogen-bond donors (Lipinski definition) is 1. The van der Waals surface area contributed by atoms with Crippen LogP contribution >= 0.6 is 7.82 Å². The number of carbonyl (C=O) groups excluding carboxylic acids is 1. The molecule has 57 heavy (non-hydrogen) atoms. The fourth-order valence-electron chi connectivity index (χ4n) is 6.01. The van der Waals surface area contributed by atoms with Gasteiger partial charge in [-0.25, -0.2) is 4.57 Å². The number of carbonyl (C=O) groups is 1. The highest BCUT2D eigenvalue weighted by Gasteiger charge is 2.26. The summed E-state index contributed by atoms with van der Waals surface area (Å²) in [6, 6.07) is 0. The molecule has 2 atom stereocenters. The maximum absolute atomic E-state index is 12.7. The Labute approximate surface area is 351 Å². The van der Waals surface area contributed by atoms with Crippen LogP contribution in [-0.4, -0.2) is 75.6 Å². The SMILES string of the molecule is CC/C=C\C/C=C\C/C=C\C/C=C\CCCCCCCCC(=O)OC(COCCCCCCCC/C=C\CCCCCCCC)COP(=O)(O)OCC[N+](C)(C)C. The highest BCUT2D eigenvalue weighted by molar-refractivity contribution is 7.47. The number of ether oxygens (including phenoxy) is 2. The van der Waals surface area contributed by atoms with E-state index >= 15 is 0 Å². The first-order chi connectivity index (χ1) is 27.6. The van der Waals surface area contributed by atoms with E-state index in [1.54, 1.807) is 0 Å². The van der Waals surface area contributed by atoms with E-state index in [0.717, 1.165) is 70.6 Å². The molecule has 0 heterocycles. The number of allylic oxidation sites excluding steroid dienone is 10. The van der Waals surface area contributed by atoms with Gasteiger partial charge in [-0.15, -0.1) is 0 Å². The Hall–Kier alpha value is -1.80. The summed E-state index contributed by atoms with van der Waals surface area (Å²) < 4.78 is 35.0. The molecule has 0 aliphatic heterocycles. The average molecular weight is 823 g/mol. The number of esters is 1. The Balaban J connectivity index is 4.26. The number of phosphoric acid groups is 1. The molecule has 0 fully saturated rings. The van der Waals surface area contributed by atoms with Crippen molar-refractivity contribution < 1.29 is 37.3 Å². The van der Waals surface area contributed by atoms with Crippen LogP contribution in [0.15, 0.2) is 60.8 Å². The molecule has 2 unspecified atom stereocenters. The Morgan fingerprint density at radius 2 is 1.02 bits per heavy atom. The predicted molar refractivity (Wildman–Crippen MR) is 242 cm³/mol. The van der Waals surface area contributed by atoms with Gasteiger partial charge < -0.3 is 18.9 Å². The zero-order valence-corrected chi connectivity index (χ0v) is 38.5. The zero-order valence-electron chi connectivity index (χ0n) is 37.6. The van der Waals surface area contributed by atoms with Gasteiger partial charge in [0.15, 0.2) is 0 Å². The first kappa shape index (κ1) is 55.2. The summed E-state index contributed by atoms with van der Waals surface area (Å²) in [7, 11) is 1.65. The van der Waals surface area contributed by atoms with Crippen molar-refractivity contribution in [2.24, 2.45) is 0 Å². The molecule has 0 aliphatic rings. The lowest BCUT2D eigenvalue weighted by atomic mass is 10.1. The number of unbranched alkanes of at least 4 members (excludes halogenated alkanes) is 18. The van der Waals surface area contributed by atoms with Gasteiger partial charge in [-0.3, -0.25) is 13.8 Å². The van der Waals surface area contributed by atoms with Crippen molar-refractivity contribution >= 4 is 13.8 Å². The lowest BCUT2D eigenvalue weighted by molar-refractivity contribution is -0.870. The minimum absolute atomic E-state index is 0.0820. The molecule has 0 saturated heterocycles. The van der Waals surface area contributed by atoms with Gasteiger partial charge in [0.2, 0.25) is 0 Å². The maximum Gasteiger partial charge on any atom is 0.472 e. The molecule has 0 rings (SSSR count). The molecule has 0 spiro atoms. The minimum Gasteiger partial charge on any atom is -0.457 e. The third-order valence-electron chi connectivity index (χ3n) is 9.56.